The molecule has 0 amide bonds. The predicted molar refractivity (Wildman–Crippen MR) is 331 cm³/mol. The Morgan fingerprint density at radius 1 is 0.380 bits per heavy atom. The van der Waals surface area contributed by atoms with E-state index in [-0.39, 0.29) is 118 Å². The minimum Gasteiger partial charge on any atom is -0.857 e. The molecule has 0 aliphatic carbocycles. The standard InChI is InChI=1S/2C18H18O4.2C15H14O4.2CH4O.CH3O.H2NO.2Na/c2*1-11-3-8-15-17(9-11)21-10-16(18(15)20)13-4-6-14(7-5-13)22-12(2)19;2*16-10-3-1-9(2-4-10)13-8-19-14-7-11(17)5-6-12(14)15(13)18;4*1-2;;/h2*3-9,16,18,20H,10H2,1-2H3;2*1-7,13,15-18H,8H2;2*2H,1H3;1H3;1-2H;;/q;;;;;;2*-1;2*+1/t16-,18+;16-,18-;13-,15+;13-,15-;;;;;;/m0000....../s1. The van der Waals surface area contributed by atoms with Crippen LogP contribution in [0.5, 0.6) is 57.5 Å². The van der Waals surface area contributed by atoms with Gasteiger partial charge in [-0.15, -0.1) is 0 Å². The molecular weight excluding hydrogens is 1210 g/mol. The van der Waals surface area contributed by atoms with Crippen molar-refractivity contribution in [3.05, 3.63) is 231 Å². The minimum atomic E-state index is -0.686. The molecule has 0 bridgehead atoms. The molecule has 480 valence electrons. The smallest absolute Gasteiger partial charge is 0.857 e. The van der Waals surface area contributed by atoms with Gasteiger partial charge in [0.25, 0.3) is 0 Å². The molecule has 0 spiro atoms. The van der Waals surface area contributed by atoms with Gasteiger partial charge in [-0.25, -0.2) is 0 Å². The van der Waals surface area contributed by atoms with Crippen LogP contribution < -0.4 is 92.6 Å². The Morgan fingerprint density at radius 3 is 0.848 bits per heavy atom. The second-order valence-electron chi connectivity index (χ2n) is 20.5. The Bertz CT molecular complexity index is 3290. The van der Waals surface area contributed by atoms with Gasteiger partial charge in [0.1, 0.15) is 57.5 Å². The van der Waals surface area contributed by atoms with E-state index in [1.165, 1.54) is 38.1 Å². The monoisotopic (exact) mass is 1290 g/mol. The second-order valence-corrected chi connectivity index (χ2v) is 20.5. The van der Waals surface area contributed by atoms with Crippen LogP contribution in [0.2, 0.25) is 0 Å². The van der Waals surface area contributed by atoms with Crippen LogP contribution in [0.3, 0.4) is 0 Å². The van der Waals surface area contributed by atoms with Crippen molar-refractivity contribution in [1.29, 1.82) is 0 Å². The van der Waals surface area contributed by atoms with E-state index < -0.39 is 24.4 Å². The SMILES string of the molecule is CC(=O)Oc1ccc([C@@H]2COc3cc(C)ccc3[C@@H]2O)cc1.CC(=O)Oc1ccc([C@@H]2COc3cc(C)ccc3[C@H]2O)cc1.CO.CO.C[O-].Oc1ccc([C@@H]2COc3cc(O)ccc3[C@@H]2O)cc1.Oc1ccc([C@@H]2COc3cc(O)ccc3[C@H]2O)cc1.[NH-]O.[Na+].[Na+]. The summed E-state index contributed by atoms with van der Waals surface area (Å²) in [7, 11) is 2.75. The van der Waals surface area contributed by atoms with Crippen LogP contribution in [-0.2, 0) is 9.59 Å². The maximum Gasteiger partial charge on any atom is 1.00 e. The van der Waals surface area contributed by atoms with E-state index in [4.69, 9.17) is 54.8 Å². The molecule has 0 unspecified atom stereocenters. The van der Waals surface area contributed by atoms with Crippen LogP contribution in [-0.4, -0.2) is 116 Å². The van der Waals surface area contributed by atoms with Gasteiger partial charge in [-0.05, 0) is 132 Å². The summed E-state index contributed by atoms with van der Waals surface area (Å²) in [6.07, 6.45) is -2.59. The molecule has 8 aromatic rings. The summed E-state index contributed by atoms with van der Waals surface area (Å²) in [5.41, 5.74) is 8.89. The summed E-state index contributed by atoms with van der Waals surface area (Å²) >= 11 is 0. The quantitative estimate of drug-likeness (QED) is 0.0491. The summed E-state index contributed by atoms with van der Waals surface area (Å²) in [6.45, 7) is 8.24. The molecule has 0 radical (unpaired) electrons. The van der Waals surface area contributed by atoms with Crippen LogP contribution in [0.1, 0.15) is 118 Å². The first-order valence-electron chi connectivity index (χ1n) is 28.2. The number of carbonyl (C=O) groups is 2. The van der Waals surface area contributed by atoms with Crippen molar-refractivity contribution in [3.8, 4) is 57.5 Å². The Hall–Kier alpha value is -7.26. The number of aryl methyl sites for hydroxylation is 2. The van der Waals surface area contributed by atoms with Gasteiger partial charge in [-0.3, -0.25) is 9.59 Å². The summed E-state index contributed by atoms with van der Waals surface area (Å²) in [6, 6.07) is 48.9. The van der Waals surface area contributed by atoms with E-state index in [0.717, 1.165) is 77.3 Å². The molecule has 23 heteroatoms. The van der Waals surface area contributed by atoms with Gasteiger partial charge < -0.3 is 95.7 Å². The van der Waals surface area contributed by atoms with E-state index in [0.29, 0.717) is 60.6 Å². The first kappa shape index (κ1) is 79.0. The van der Waals surface area contributed by atoms with Gasteiger partial charge in [0.15, 0.2) is 0 Å². The molecule has 4 aliphatic rings. The topological polar surface area (TPSA) is 359 Å². The Balaban J connectivity index is 0.000000307. The van der Waals surface area contributed by atoms with Gasteiger partial charge in [-0.1, -0.05) is 72.8 Å². The molecule has 92 heavy (non-hydrogen) atoms. The van der Waals surface area contributed by atoms with Crippen LogP contribution in [0.4, 0.5) is 0 Å². The molecule has 0 saturated heterocycles. The number of phenolic OH excluding ortho intramolecular Hbond substituents is 4. The fourth-order valence-corrected chi connectivity index (χ4v) is 10.2. The molecule has 4 aliphatic heterocycles. The number of aliphatic hydroxyl groups excluding tert-OH is 6. The number of rotatable bonds is 6. The van der Waals surface area contributed by atoms with Crippen molar-refractivity contribution >= 4 is 11.9 Å². The van der Waals surface area contributed by atoms with E-state index in [9.17, 15) is 50.4 Å². The largest absolute Gasteiger partial charge is 1.00 e. The molecule has 8 atom stereocenters. The third kappa shape index (κ3) is 21.4. The molecule has 0 aromatic heterocycles. The first-order chi connectivity index (χ1) is 43.4. The summed E-state index contributed by atoms with van der Waals surface area (Å²) in [4.78, 5) is 21.9. The average molecular weight is 1290 g/mol. The van der Waals surface area contributed by atoms with E-state index in [2.05, 4.69) is 0 Å². The second kappa shape index (κ2) is 39.3. The fourth-order valence-electron chi connectivity index (χ4n) is 10.2. The normalized spacial score (nSPS) is 18.7. The van der Waals surface area contributed by atoms with Crippen molar-refractivity contribution in [2.75, 3.05) is 47.8 Å². The number of aromatic hydroxyl groups is 4. The molecule has 21 nitrogen and oxygen atoms in total. The van der Waals surface area contributed by atoms with Crippen molar-refractivity contribution < 1.29 is 159 Å². The molecule has 4 heterocycles. The number of phenols is 4. The molecule has 8 aromatic carbocycles. The zero-order valence-corrected chi connectivity index (χ0v) is 56.7. The summed E-state index contributed by atoms with van der Waals surface area (Å²) < 4.78 is 32.8. The number of esters is 2. The summed E-state index contributed by atoms with van der Waals surface area (Å²) in [5.74, 6) is 7.57. The molecule has 0 fully saturated rings. The van der Waals surface area contributed by atoms with Crippen molar-refractivity contribution in [1.82, 2.24) is 0 Å². The van der Waals surface area contributed by atoms with Crippen molar-refractivity contribution in [3.63, 3.8) is 0 Å². The van der Waals surface area contributed by atoms with Crippen molar-refractivity contribution in [2.45, 2.75) is 75.8 Å². The summed E-state index contributed by atoms with van der Waals surface area (Å²) in [5, 5.41) is 108. The van der Waals surface area contributed by atoms with Crippen molar-refractivity contribution in [2.24, 2.45) is 0 Å². The van der Waals surface area contributed by atoms with E-state index >= 15 is 0 Å². The number of nitrogens with one attached hydrogen (secondary N) is 1. The third-order valence-electron chi connectivity index (χ3n) is 14.6. The average Bonchev–Trinajstić information content (AvgIpc) is 0.858. The third-order valence-corrected chi connectivity index (χ3v) is 14.6. The van der Waals surface area contributed by atoms with Crippen LogP contribution in [0, 0.1) is 13.8 Å². The Kier molecular flexibility index (Phi) is 33.8. The van der Waals surface area contributed by atoms with Crippen LogP contribution in [0.15, 0.2) is 170 Å². The maximum atomic E-state index is 10.9. The zero-order chi connectivity index (χ0) is 66.2. The van der Waals surface area contributed by atoms with E-state index in [1.54, 1.807) is 84.9 Å². The number of hydrogen-bond donors (Lipinski definition) is 11. The number of ether oxygens (including phenoxy) is 6. The first-order valence-corrected chi connectivity index (χ1v) is 28.2. The van der Waals surface area contributed by atoms with Crippen LogP contribution in [0.25, 0.3) is 5.90 Å². The van der Waals surface area contributed by atoms with E-state index in [1.807, 2.05) is 74.5 Å². The Labute approximate surface area is 578 Å². The van der Waals surface area contributed by atoms with Crippen LogP contribution >= 0.6 is 0 Å². The molecular formula is C69H77NNa2O20. The van der Waals surface area contributed by atoms with Gasteiger partial charge in [0.05, 0.1) is 50.8 Å². The van der Waals surface area contributed by atoms with Gasteiger partial charge in [0.2, 0.25) is 0 Å². The minimum absolute atomic E-state index is 0. The molecule has 12 rings (SSSR count). The number of aliphatic hydroxyl groups is 6. The Morgan fingerprint density at radius 2 is 0.598 bits per heavy atom. The van der Waals surface area contributed by atoms with Gasteiger partial charge in [0, 0.05) is 86.1 Å². The maximum absolute atomic E-state index is 10.9. The molecule has 0 saturated carbocycles. The zero-order valence-electron chi connectivity index (χ0n) is 52.7. The predicted octanol–water partition coefficient (Wildman–Crippen LogP) is 3.50. The number of fused-ring (bicyclic) bond motifs is 4. The fraction of sp³-hybridized carbons (Fsp3) is 0.275. The number of carbonyl (C=O) groups excluding carboxylic acids is 2. The number of hydrogen-bond acceptors (Lipinski definition) is 20. The molecule has 12 N–H and O–H groups in total. The van der Waals surface area contributed by atoms with Gasteiger partial charge >= 0.3 is 71.1 Å². The van der Waals surface area contributed by atoms with Gasteiger partial charge in [-0.2, -0.15) is 7.11 Å². The number of benzene rings is 8.